The highest BCUT2D eigenvalue weighted by Gasteiger charge is 2.55. The zero-order valence-corrected chi connectivity index (χ0v) is 15.1. The second-order valence-electron chi connectivity index (χ2n) is 8.09. The zero-order valence-electron chi connectivity index (χ0n) is 15.1. The first kappa shape index (κ1) is 16.7. The van der Waals surface area contributed by atoms with E-state index in [0.29, 0.717) is 25.5 Å². The van der Waals surface area contributed by atoms with Gasteiger partial charge in [0.15, 0.2) is 0 Å². The summed E-state index contributed by atoms with van der Waals surface area (Å²) >= 11 is 0. The maximum Gasteiger partial charge on any atom is 0.314 e. The molecular weight excluding hydrogens is 346 g/mol. The largest absolute Gasteiger partial charge is 0.481 e. The van der Waals surface area contributed by atoms with Crippen LogP contribution >= 0.6 is 0 Å². The molecule has 7 heteroatoms. The molecule has 2 atom stereocenters. The SMILES string of the molecule is O=C(Cn1c(C2CC2)nc2ccccc21)N1C[C@@H]2CCOC[C@]2(C(=O)O)C1. The van der Waals surface area contributed by atoms with E-state index in [9.17, 15) is 14.7 Å². The minimum absolute atomic E-state index is 0.0323. The molecule has 142 valence electrons. The number of fused-ring (bicyclic) bond motifs is 2. The number of hydrogen-bond acceptors (Lipinski definition) is 4. The number of benzene rings is 1. The lowest BCUT2D eigenvalue weighted by atomic mass is 9.76. The van der Waals surface area contributed by atoms with Crippen LogP contribution in [0.4, 0.5) is 0 Å². The van der Waals surface area contributed by atoms with E-state index >= 15 is 0 Å². The molecule has 27 heavy (non-hydrogen) atoms. The summed E-state index contributed by atoms with van der Waals surface area (Å²) in [5, 5.41) is 9.79. The summed E-state index contributed by atoms with van der Waals surface area (Å²) in [4.78, 5) is 31.5. The number of carboxylic acid groups (broad SMARTS) is 1. The number of carbonyl (C=O) groups is 2. The first-order chi connectivity index (χ1) is 13.1. The average Bonchev–Trinajstić information content (AvgIpc) is 3.33. The van der Waals surface area contributed by atoms with Crippen LogP contribution in [0.3, 0.4) is 0 Å². The minimum Gasteiger partial charge on any atom is -0.481 e. The molecule has 3 heterocycles. The summed E-state index contributed by atoms with van der Waals surface area (Å²) in [5.41, 5.74) is 0.933. The van der Waals surface area contributed by atoms with Crippen LogP contribution in [0.25, 0.3) is 11.0 Å². The molecule has 5 rings (SSSR count). The highest BCUT2D eigenvalue weighted by molar-refractivity contribution is 5.83. The fourth-order valence-corrected chi connectivity index (χ4v) is 4.63. The molecule has 3 aliphatic rings. The molecule has 0 spiro atoms. The van der Waals surface area contributed by atoms with Gasteiger partial charge in [-0.3, -0.25) is 9.59 Å². The predicted octanol–water partition coefficient (Wildman–Crippen LogP) is 1.86. The molecule has 1 N–H and O–H groups in total. The van der Waals surface area contributed by atoms with E-state index in [1.807, 2.05) is 28.8 Å². The van der Waals surface area contributed by atoms with Crippen LogP contribution < -0.4 is 0 Å². The number of nitrogens with zero attached hydrogens (tertiary/aromatic N) is 3. The topological polar surface area (TPSA) is 84.7 Å². The first-order valence-electron chi connectivity index (χ1n) is 9.62. The highest BCUT2D eigenvalue weighted by Crippen LogP contribution is 2.43. The second kappa shape index (κ2) is 6.05. The molecule has 0 bridgehead atoms. The van der Waals surface area contributed by atoms with Crippen molar-refractivity contribution >= 4 is 22.9 Å². The van der Waals surface area contributed by atoms with Crippen molar-refractivity contribution in [3.05, 3.63) is 30.1 Å². The van der Waals surface area contributed by atoms with Crippen molar-refractivity contribution in [1.82, 2.24) is 14.5 Å². The molecule has 0 radical (unpaired) electrons. The molecule has 2 aromatic rings. The van der Waals surface area contributed by atoms with Gasteiger partial charge in [0.1, 0.15) is 17.8 Å². The summed E-state index contributed by atoms with van der Waals surface area (Å²) in [7, 11) is 0. The van der Waals surface area contributed by atoms with Crippen LogP contribution in [-0.4, -0.2) is 57.7 Å². The summed E-state index contributed by atoms with van der Waals surface area (Å²) in [6, 6.07) is 7.89. The Balaban J connectivity index is 1.42. The molecule has 1 aromatic heterocycles. The molecule has 1 aromatic carbocycles. The predicted molar refractivity (Wildman–Crippen MR) is 97.3 cm³/mol. The Bertz CT molecular complexity index is 919. The summed E-state index contributed by atoms with van der Waals surface area (Å²) in [5.74, 6) is 0.502. The molecule has 2 aliphatic heterocycles. The molecule has 1 aliphatic carbocycles. The van der Waals surface area contributed by atoms with Gasteiger partial charge in [-0.15, -0.1) is 0 Å². The van der Waals surface area contributed by atoms with Gasteiger partial charge in [-0.25, -0.2) is 4.98 Å². The van der Waals surface area contributed by atoms with Crippen molar-refractivity contribution in [3.8, 4) is 0 Å². The third-order valence-electron chi connectivity index (χ3n) is 6.36. The van der Waals surface area contributed by atoms with Crippen LogP contribution in [0.1, 0.15) is 31.0 Å². The Kier molecular flexibility index (Phi) is 3.75. The van der Waals surface area contributed by atoms with Crippen molar-refractivity contribution in [2.75, 3.05) is 26.3 Å². The Morgan fingerprint density at radius 1 is 1.26 bits per heavy atom. The third-order valence-corrected chi connectivity index (χ3v) is 6.36. The Morgan fingerprint density at radius 3 is 2.81 bits per heavy atom. The van der Waals surface area contributed by atoms with Crippen molar-refractivity contribution in [2.24, 2.45) is 11.3 Å². The number of imidazole rings is 1. The van der Waals surface area contributed by atoms with Crippen LogP contribution in [0.2, 0.25) is 0 Å². The number of aromatic nitrogens is 2. The normalized spacial score (nSPS) is 27.7. The third kappa shape index (κ3) is 2.64. The molecule has 7 nitrogen and oxygen atoms in total. The molecule has 1 amide bonds. The zero-order chi connectivity index (χ0) is 18.6. The number of amides is 1. The summed E-state index contributed by atoms with van der Waals surface area (Å²) in [6.45, 7) is 1.71. The maximum absolute atomic E-state index is 13.1. The van der Waals surface area contributed by atoms with E-state index in [-0.39, 0.29) is 31.5 Å². The number of aliphatic carboxylic acids is 1. The van der Waals surface area contributed by atoms with E-state index in [2.05, 4.69) is 0 Å². The second-order valence-corrected chi connectivity index (χ2v) is 8.09. The van der Waals surface area contributed by atoms with Crippen LogP contribution in [0.5, 0.6) is 0 Å². The van der Waals surface area contributed by atoms with Gasteiger partial charge in [0.25, 0.3) is 0 Å². The van der Waals surface area contributed by atoms with Gasteiger partial charge >= 0.3 is 5.97 Å². The summed E-state index contributed by atoms with van der Waals surface area (Å²) in [6.07, 6.45) is 2.92. The van der Waals surface area contributed by atoms with E-state index in [0.717, 1.165) is 29.7 Å². The number of ether oxygens (including phenoxy) is 1. The van der Waals surface area contributed by atoms with E-state index in [1.165, 1.54) is 0 Å². The van der Waals surface area contributed by atoms with Crippen molar-refractivity contribution in [2.45, 2.75) is 31.7 Å². The number of rotatable bonds is 4. The molecular formula is C20H23N3O4. The number of likely N-dealkylation sites (tertiary alicyclic amines) is 1. The smallest absolute Gasteiger partial charge is 0.314 e. The van der Waals surface area contributed by atoms with E-state index in [4.69, 9.17) is 9.72 Å². The van der Waals surface area contributed by atoms with Crippen molar-refractivity contribution in [1.29, 1.82) is 0 Å². The lowest BCUT2D eigenvalue weighted by Crippen LogP contribution is -2.46. The van der Waals surface area contributed by atoms with Crippen LogP contribution in [-0.2, 0) is 20.9 Å². The lowest BCUT2D eigenvalue weighted by molar-refractivity contribution is -0.159. The van der Waals surface area contributed by atoms with E-state index in [1.54, 1.807) is 4.90 Å². The monoisotopic (exact) mass is 369 g/mol. The lowest BCUT2D eigenvalue weighted by Gasteiger charge is -2.33. The van der Waals surface area contributed by atoms with Crippen molar-refractivity contribution in [3.63, 3.8) is 0 Å². The number of carboxylic acids is 1. The van der Waals surface area contributed by atoms with Gasteiger partial charge in [0.2, 0.25) is 5.91 Å². The Morgan fingerprint density at radius 2 is 2.07 bits per heavy atom. The van der Waals surface area contributed by atoms with Gasteiger partial charge in [-0.1, -0.05) is 12.1 Å². The van der Waals surface area contributed by atoms with Gasteiger partial charge in [0, 0.05) is 25.6 Å². The first-order valence-corrected chi connectivity index (χ1v) is 9.62. The maximum atomic E-state index is 13.1. The molecule has 2 saturated heterocycles. The van der Waals surface area contributed by atoms with Crippen molar-refractivity contribution < 1.29 is 19.4 Å². The number of para-hydroxylation sites is 2. The Labute approximate surface area is 156 Å². The molecule has 0 unspecified atom stereocenters. The highest BCUT2D eigenvalue weighted by atomic mass is 16.5. The quantitative estimate of drug-likeness (QED) is 0.889. The van der Waals surface area contributed by atoms with Crippen LogP contribution in [0.15, 0.2) is 24.3 Å². The van der Waals surface area contributed by atoms with Gasteiger partial charge < -0.3 is 19.3 Å². The summed E-state index contributed by atoms with van der Waals surface area (Å²) < 4.78 is 7.49. The van der Waals surface area contributed by atoms with Gasteiger partial charge in [0.05, 0.1) is 17.6 Å². The average molecular weight is 369 g/mol. The molecule has 1 saturated carbocycles. The van der Waals surface area contributed by atoms with E-state index < -0.39 is 11.4 Å². The van der Waals surface area contributed by atoms with Crippen LogP contribution in [0, 0.1) is 11.3 Å². The minimum atomic E-state index is -0.954. The number of hydrogen-bond donors (Lipinski definition) is 1. The Hall–Kier alpha value is -2.41. The standard InChI is InChI=1S/C20H23N3O4/c24-17(22-9-14-7-8-27-12-20(14,11-22)19(25)26)10-23-16-4-2-1-3-15(16)21-18(23)13-5-6-13/h1-4,13-14H,5-12H2,(H,25,26)/t14-,20+/m0/s1. The number of carbonyl (C=O) groups excluding carboxylic acids is 1. The van der Waals surface area contributed by atoms with Gasteiger partial charge in [-0.2, -0.15) is 0 Å². The fourth-order valence-electron chi connectivity index (χ4n) is 4.63. The molecule has 3 fully saturated rings. The fraction of sp³-hybridized carbons (Fsp3) is 0.550. The van der Waals surface area contributed by atoms with Gasteiger partial charge in [-0.05, 0) is 37.3 Å².